The van der Waals surface area contributed by atoms with E-state index in [2.05, 4.69) is 6.92 Å². The van der Waals surface area contributed by atoms with Crippen molar-refractivity contribution in [2.75, 3.05) is 6.61 Å². The summed E-state index contributed by atoms with van der Waals surface area (Å²) >= 11 is 0. The molecular formula is C15H22O3. The molecule has 1 rings (SSSR count). The highest BCUT2D eigenvalue weighted by molar-refractivity contribution is 5.87. The minimum atomic E-state index is -0.917. The van der Waals surface area contributed by atoms with Gasteiger partial charge >= 0.3 is 5.97 Å². The number of rotatable bonds is 9. The van der Waals surface area contributed by atoms with Gasteiger partial charge in [-0.25, -0.2) is 4.79 Å². The van der Waals surface area contributed by atoms with E-state index >= 15 is 0 Å². The maximum atomic E-state index is 10.8. The highest BCUT2D eigenvalue weighted by Gasteiger charge is 2.03. The van der Waals surface area contributed by atoms with Crippen LogP contribution in [0.4, 0.5) is 0 Å². The van der Waals surface area contributed by atoms with Gasteiger partial charge < -0.3 is 9.84 Å². The molecule has 0 unspecified atom stereocenters. The van der Waals surface area contributed by atoms with Crippen LogP contribution < -0.4 is 4.74 Å². The van der Waals surface area contributed by atoms with E-state index in [0.29, 0.717) is 12.4 Å². The zero-order valence-electron chi connectivity index (χ0n) is 11.0. The Balaban J connectivity index is 2.19. The summed E-state index contributed by atoms with van der Waals surface area (Å²) < 4.78 is 5.54. The molecule has 0 aliphatic heterocycles. The summed E-state index contributed by atoms with van der Waals surface area (Å²) in [5.74, 6) is -0.275. The Morgan fingerprint density at radius 1 is 1.17 bits per heavy atom. The van der Waals surface area contributed by atoms with Crippen LogP contribution in [0.2, 0.25) is 0 Å². The maximum absolute atomic E-state index is 10.8. The van der Waals surface area contributed by atoms with E-state index in [1.54, 1.807) is 24.3 Å². The van der Waals surface area contributed by atoms with Crippen LogP contribution in [0.5, 0.6) is 5.75 Å². The smallest absolute Gasteiger partial charge is 0.335 e. The summed E-state index contributed by atoms with van der Waals surface area (Å²) in [7, 11) is 0. The number of hydrogen-bond acceptors (Lipinski definition) is 2. The first kappa shape index (κ1) is 14.6. The molecule has 0 aliphatic rings. The Labute approximate surface area is 109 Å². The van der Waals surface area contributed by atoms with E-state index in [4.69, 9.17) is 9.84 Å². The molecule has 0 aliphatic carbocycles. The van der Waals surface area contributed by atoms with Gasteiger partial charge in [-0.3, -0.25) is 0 Å². The van der Waals surface area contributed by atoms with E-state index in [0.717, 1.165) is 6.42 Å². The van der Waals surface area contributed by atoms with Crippen molar-refractivity contribution >= 4 is 5.97 Å². The molecule has 0 aromatic heterocycles. The van der Waals surface area contributed by atoms with E-state index in [1.165, 1.54) is 32.1 Å². The lowest BCUT2D eigenvalue weighted by atomic mass is 10.1. The van der Waals surface area contributed by atoms with Crippen molar-refractivity contribution in [3.8, 4) is 5.75 Å². The molecule has 0 amide bonds. The van der Waals surface area contributed by atoms with Crippen LogP contribution >= 0.6 is 0 Å². The minimum Gasteiger partial charge on any atom is -0.494 e. The van der Waals surface area contributed by atoms with Crippen molar-refractivity contribution in [1.29, 1.82) is 0 Å². The zero-order chi connectivity index (χ0) is 13.2. The predicted octanol–water partition coefficient (Wildman–Crippen LogP) is 4.12. The number of carbonyl (C=O) groups is 1. The molecule has 0 saturated heterocycles. The standard InChI is InChI=1S/C15H22O3/c1-2-3-4-5-6-7-11-18-14-10-8-9-13(12-14)15(16)17/h8-10,12H,2-7,11H2,1H3,(H,16,17). The van der Waals surface area contributed by atoms with E-state index in [1.807, 2.05) is 0 Å². The predicted molar refractivity (Wildman–Crippen MR) is 72.3 cm³/mol. The number of ether oxygens (including phenoxy) is 1. The van der Waals surface area contributed by atoms with Gasteiger partial charge in [0.2, 0.25) is 0 Å². The van der Waals surface area contributed by atoms with Crippen LogP contribution in [0.3, 0.4) is 0 Å². The van der Waals surface area contributed by atoms with Gasteiger partial charge in [0.1, 0.15) is 5.75 Å². The molecule has 0 spiro atoms. The van der Waals surface area contributed by atoms with Gasteiger partial charge in [0, 0.05) is 0 Å². The van der Waals surface area contributed by atoms with Crippen molar-refractivity contribution in [3.63, 3.8) is 0 Å². The second-order valence-corrected chi connectivity index (χ2v) is 4.45. The minimum absolute atomic E-state index is 0.274. The fraction of sp³-hybridized carbons (Fsp3) is 0.533. The zero-order valence-corrected chi connectivity index (χ0v) is 11.0. The summed E-state index contributed by atoms with van der Waals surface area (Å²) in [4.78, 5) is 10.8. The van der Waals surface area contributed by atoms with Crippen molar-refractivity contribution < 1.29 is 14.6 Å². The normalized spacial score (nSPS) is 10.3. The van der Waals surface area contributed by atoms with Crippen molar-refractivity contribution in [2.24, 2.45) is 0 Å². The molecule has 1 aromatic rings. The maximum Gasteiger partial charge on any atom is 0.335 e. The molecule has 0 bridgehead atoms. The van der Waals surface area contributed by atoms with Gasteiger partial charge in [-0.1, -0.05) is 45.1 Å². The van der Waals surface area contributed by atoms with Gasteiger partial charge in [0.15, 0.2) is 0 Å². The summed E-state index contributed by atoms with van der Waals surface area (Å²) in [5.41, 5.74) is 0.274. The third-order valence-electron chi connectivity index (χ3n) is 2.85. The van der Waals surface area contributed by atoms with Gasteiger partial charge in [-0.2, -0.15) is 0 Å². The molecular weight excluding hydrogens is 228 g/mol. The van der Waals surface area contributed by atoms with E-state index in [9.17, 15) is 4.79 Å². The summed E-state index contributed by atoms with van der Waals surface area (Å²) in [6, 6.07) is 6.64. The van der Waals surface area contributed by atoms with Crippen molar-refractivity contribution in [2.45, 2.75) is 45.4 Å². The van der Waals surface area contributed by atoms with Crippen molar-refractivity contribution in [3.05, 3.63) is 29.8 Å². The molecule has 0 fully saturated rings. The number of aromatic carboxylic acids is 1. The fourth-order valence-electron chi connectivity index (χ4n) is 1.79. The highest BCUT2D eigenvalue weighted by atomic mass is 16.5. The Hall–Kier alpha value is -1.51. The van der Waals surface area contributed by atoms with E-state index < -0.39 is 5.97 Å². The SMILES string of the molecule is CCCCCCCCOc1cccc(C(=O)O)c1. The molecule has 0 heterocycles. The first-order valence-electron chi connectivity index (χ1n) is 6.70. The second-order valence-electron chi connectivity index (χ2n) is 4.45. The summed E-state index contributed by atoms with van der Waals surface area (Å²) in [6.45, 7) is 2.87. The van der Waals surface area contributed by atoms with Crippen LogP contribution in [-0.4, -0.2) is 17.7 Å². The molecule has 18 heavy (non-hydrogen) atoms. The second kappa shape index (κ2) is 8.56. The van der Waals surface area contributed by atoms with Gasteiger partial charge in [-0.05, 0) is 24.6 Å². The van der Waals surface area contributed by atoms with Crippen LogP contribution in [0.15, 0.2) is 24.3 Å². The van der Waals surface area contributed by atoms with Gasteiger partial charge in [-0.15, -0.1) is 0 Å². The van der Waals surface area contributed by atoms with Gasteiger partial charge in [0.25, 0.3) is 0 Å². The van der Waals surface area contributed by atoms with Gasteiger partial charge in [0.05, 0.1) is 12.2 Å². The van der Waals surface area contributed by atoms with Crippen LogP contribution in [0, 0.1) is 0 Å². The first-order valence-corrected chi connectivity index (χ1v) is 6.70. The van der Waals surface area contributed by atoms with Crippen molar-refractivity contribution in [1.82, 2.24) is 0 Å². The third kappa shape index (κ3) is 5.71. The molecule has 0 atom stereocenters. The van der Waals surface area contributed by atoms with Crippen LogP contribution in [0.1, 0.15) is 55.8 Å². The fourth-order valence-corrected chi connectivity index (χ4v) is 1.79. The molecule has 3 nitrogen and oxygen atoms in total. The number of carboxylic acid groups (broad SMARTS) is 1. The highest BCUT2D eigenvalue weighted by Crippen LogP contribution is 2.14. The van der Waals surface area contributed by atoms with Crippen LogP contribution in [0.25, 0.3) is 0 Å². The first-order chi connectivity index (χ1) is 8.74. The Bertz CT molecular complexity index is 361. The molecule has 0 saturated carbocycles. The molecule has 100 valence electrons. The quantitative estimate of drug-likeness (QED) is 0.670. The lowest BCUT2D eigenvalue weighted by Gasteiger charge is -2.06. The molecule has 1 aromatic carbocycles. The molecule has 3 heteroatoms. The third-order valence-corrected chi connectivity index (χ3v) is 2.85. The lowest BCUT2D eigenvalue weighted by Crippen LogP contribution is -2.00. The Kier molecular flexibility index (Phi) is 6.92. The number of benzene rings is 1. The molecule has 1 N–H and O–H groups in total. The topological polar surface area (TPSA) is 46.5 Å². The number of hydrogen-bond donors (Lipinski definition) is 1. The Morgan fingerprint density at radius 3 is 2.61 bits per heavy atom. The van der Waals surface area contributed by atoms with E-state index in [-0.39, 0.29) is 5.56 Å². The summed E-state index contributed by atoms with van der Waals surface area (Å²) in [6.07, 6.45) is 7.33. The monoisotopic (exact) mass is 250 g/mol. The molecule has 0 radical (unpaired) electrons. The lowest BCUT2D eigenvalue weighted by molar-refractivity contribution is 0.0696. The van der Waals surface area contributed by atoms with Crippen LogP contribution in [-0.2, 0) is 0 Å². The Morgan fingerprint density at radius 2 is 1.89 bits per heavy atom. The average Bonchev–Trinajstić information content (AvgIpc) is 2.38. The summed E-state index contributed by atoms with van der Waals surface area (Å²) in [5, 5.41) is 8.85. The average molecular weight is 250 g/mol. The number of carboxylic acids is 1. The largest absolute Gasteiger partial charge is 0.494 e. The number of unbranched alkanes of at least 4 members (excludes halogenated alkanes) is 5.